The van der Waals surface area contributed by atoms with Crippen LogP contribution in [0.25, 0.3) is 0 Å². The summed E-state index contributed by atoms with van der Waals surface area (Å²) < 4.78 is 0. The van der Waals surface area contributed by atoms with Crippen molar-refractivity contribution in [2.45, 2.75) is 13.5 Å². The van der Waals surface area contributed by atoms with Crippen LogP contribution in [-0.2, 0) is 16.2 Å². The number of oxime groups is 1. The molecule has 114 valence electrons. The van der Waals surface area contributed by atoms with Crippen LogP contribution in [0, 0.1) is 6.92 Å². The molecule has 0 unspecified atom stereocenters. The van der Waals surface area contributed by atoms with E-state index in [1.165, 1.54) is 5.56 Å². The highest BCUT2D eigenvalue weighted by molar-refractivity contribution is 6.31. The normalized spacial score (nSPS) is 10.6. The van der Waals surface area contributed by atoms with Crippen LogP contribution in [0.15, 0.2) is 53.7 Å². The Kier molecular flexibility index (Phi) is 5.98. The van der Waals surface area contributed by atoms with Crippen LogP contribution in [0.4, 0.5) is 0 Å². The molecular weight excluding hydrogens is 300 g/mol. The van der Waals surface area contributed by atoms with E-state index < -0.39 is 0 Å². The number of carbonyl (C=O) groups excluding carboxylic acids is 1. The van der Waals surface area contributed by atoms with Crippen LogP contribution in [0.1, 0.15) is 16.7 Å². The van der Waals surface area contributed by atoms with Gasteiger partial charge in [-0.3, -0.25) is 4.79 Å². The highest BCUT2D eigenvalue weighted by atomic mass is 35.5. The third-order valence-corrected chi connectivity index (χ3v) is 3.35. The Balaban J connectivity index is 1.72. The Morgan fingerprint density at radius 3 is 2.68 bits per heavy atom. The first kappa shape index (κ1) is 16.0. The van der Waals surface area contributed by atoms with Crippen LogP contribution in [0.2, 0.25) is 5.02 Å². The van der Waals surface area contributed by atoms with Crippen molar-refractivity contribution in [2.24, 2.45) is 5.16 Å². The number of halogens is 1. The predicted molar refractivity (Wildman–Crippen MR) is 88.0 cm³/mol. The molecule has 0 saturated heterocycles. The van der Waals surface area contributed by atoms with Crippen molar-refractivity contribution in [2.75, 3.05) is 6.61 Å². The monoisotopic (exact) mass is 316 g/mol. The van der Waals surface area contributed by atoms with E-state index in [1.807, 2.05) is 49.4 Å². The highest BCUT2D eigenvalue weighted by Gasteiger charge is 2.03. The van der Waals surface area contributed by atoms with Crippen molar-refractivity contribution in [3.8, 4) is 0 Å². The number of benzene rings is 2. The fourth-order valence-corrected chi connectivity index (χ4v) is 1.94. The van der Waals surface area contributed by atoms with Crippen LogP contribution in [0.3, 0.4) is 0 Å². The summed E-state index contributed by atoms with van der Waals surface area (Å²) in [5, 5.41) is 7.12. The van der Waals surface area contributed by atoms with Crippen molar-refractivity contribution >= 4 is 23.7 Å². The number of rotatable bonds is 6. The van der Waals surface area contributed by atoms with Crippen molar-refractivity contribution in [1.82, 2.24) is 5.32 Å². The highest BCUT2D eigenvalue weighted by Crippen LogP contribution is 2.14. The number of hydrogen-bond donors (Lipinski definition) is 1. The lowest BCUT2D eigenvalue weighted by Crippen LogP contribution is -2.26. The second-order valence-electron chi connectivity index (χ2n) is 4.79. The molecule has 0 aliphatic carbocycles. The molecule has 2 aromatic carbocycles. The first-order valence-electron chi connectivity index (χ1n) is 6.87. The Morgan fingerprint density at radius 2 is 1.95 bits per heavy atom. The molecule has 0 aliphatic rings. The van der Waals surface area contributed by atoms with E-state index in [2.05, 4.69) is 10.5 Å². The maximum Gasteiger partial charge on any atom is 0.261 e. The average molecular weight is 317 g/mol. The molecule has 4 nitrogen and oxygen atoms in total. The molecule has 1 N–H and O–H groups in total. The maximum absolute atomic E-state index is 11.6. The molecule has 0 saturated carbocycles. The third kappa shape index (κ3) is 5.22. The van der Waals surface area contributed by atoms with E-state index in [-0.39, 0.29) is 12.5 Å². The first-order chi connectivity index (χ1) is 10.6. The van der Waals surface area contributed by atoms with Gasteiger partial charge in [0.05, 0.1) is 6.21 Å². The molecule has 5 heteroatoms. The zero-order valence-electron chi connectivity index (χ0n) is 12.3. The minimum Gasteiger partial charge on any atom is -0.386 e. The minimum atomic E-state index is -0.249. The van der Waals surface area contributed by atoms with Crippen LogP contribution >= 0.6 is 11.6 Å². The topological polar surface area (TPSA) is 50.7 Å². The van der Waals surface area contributed by atoms with E-state index in [4.69, 9.17) is 16.4 Å². The third-order valence-electron chi connectivity index (χ3n) is 2.98. The van der Waals surface area contributed by atoms with Crippen molar-refractivity contribution in [3.05, 3.63) is 70.2 Å². The SMILES string of the molecule is Cc1ccc(/C=N\OCC(=O)NCc2ccccc2Cl)cc1. The molecule has 2 aromatic rings. The fourth-order valence-electron chi connectivity index (χ4n) is 1.73. The van der Waals surface area contributed by atoms with Gasteiger partial charge in [-0.1, -0.05) is 64.8 Å². The molecule has 1 amide bonds. The molecule has 0 aliphatic heterocycles. The van der Waals surface area contributed by atoms with Crippen LogP contribution in [-0.4, -0.2) is 18.7 Å². The summed E-state index contributed by atoms with van der Waals surface area (Å²) in [7, 11) is 0. The van der Waals surface area contributed by atoms with Gasteiger partial charge < -0.3 is 10.2 Å². The molecule has 0 bridgehead atoms. The van der Waals surface area contributed by atoms with Gasteiger partial charge >= 0.3 is 0 Å². The number of nitrogens with zero attached hydrogens (tertiary/aromatic N) is 1. The molecule has 0 spiro atoms. The Bertz CT molecular complexity index is 654. The first-order valence-corrected chi connectivity index (χ1v) is 7.25. The van der Waals surface area contributed by atoms with E-state index >= 15 is 0 Å². The fraction of sp³-hybridized carbons (Fsp3) is 0.176. The Morgan fingerprint density at radius 1 is 1.23 bits per heavy atom. The summed E-state index contributed by atoms with van der Waals surface area (Å²) in [4.78, 5) is 16.6. The van der Waals surface area contributed by atoms with E-state index in [1.54, 1.807) is 12.3 Å². The lowest BCUT2D eigenvalue weighted by Gasteiger charge is -2.06. The molecule has 2 rings (SSSR count). The second kappa shape index (κ2) is 8.20. The Labute approximate surface area is 134 Å². The summed E-state index contributed by atoms with van der Waals surface area (Å²) in [6.45, 7) is 2.25. The standard InChI is InChI=1S/C17H17ClN2O2/c1-13-6-8-14(9-7-13)10-20-22-12-17(21)19-11-15-4-2-3-5-16(15)18/h2-10H,11-12H2,1H3,(H,19,21)/b20-10-. The van der Waals surface area contributed by atoms with Gasteiger partial charge in [-0.15, -0.1) is 0 Å². The predicted octanol–water partition coefficient (Wildman–Crippen LogP) is 3.32. The van der Waals surface area contributed by atoms with Crippen molar-refractivity contribution in [1.29, 1.82) is 0 Å². The zero-order valence-corrected chi connectivity index (χ0v) is 13.0. The molecule has 0 aromatic heterocycles. The van der Waals surface area contributed by atoms with Crippen LogP contribution in [0.5, 0.6) is 0 Å². The lowest BCUT2D eigenvalue weighted by molar-refractivity contribution is -0.125. The van der Waals surface area contributed by atoms with Crippen molar-refractivity contribution < 1.29 is 9.63 Å². The summed E-state index contributed by atoms with van der Waals surface area (Å²) in [6.07, 6.45) is 1.57. The summed E-state index contributed by atoms with van der Waals surface area (Å²) >= 11 is 6.01. The van der Waals surface area contributed by atoms with Gasteiger partial charge in [-0.2, -0.15) is 0 Å². The molecule has 0 fully saturated rings. The van der Waals surface area contributed by atoms with Gasteiger partial charge in [0.25, 0.3) is 5.91 Å². The van der Waals surface area contributed by atoms with Gasteiger partial charge in [-0.25, -0.2) is 0 Å². The number of amides is 1. The van der Waals surface area contributed by atoms with Gasteiger partial charge in [0.2, 0.25) is 0 Å². The zero-order chi connectivity index (χ0) is 15.8. The van der Waals surface area contributed by atoms with Crippen LogP contribution < -0.4 is 5.32 Å². The maximum atomic E-state index is 11.6. The van der Waals surface area contributed by atoms with Gasteiger partial charge in [-0.05, 0) is 24.1 Å². The van der Waals surface area contributed by atoms with Gasteiger partial charge in [0, 0.05) is 11.6 Å². The minimum absolute atomic E-state index is 0.132. The molecule has 0 radical (unpaired) electrons. The molecule has 0 atom stereocenters. The van der Waals surface area contributed by atoms with Gasteiger partial charge in [0.15, 0.2) is 6.61 Å². The second-order valence-corrected chi connectivity index (χ2v) is 5.19. The largest absolute Gasteiger partial charge is 0.386 e. The molecular formula is C17H17ClN2O2. The smallest absolute Gasteiger partial charge is 0.261 e. The summed E-state index contributed by atoms with van der Waals surface area (Å²) in [5.74, 6) is -0.249. The number of aryl methyl sites for hydroxylation is 1. The number of nitrogens with one attached hydrogen (secondary N) is 1. The summed E-state index contributed by atoms with van der Waals surface area (Å²) in [6, 6.07) is 15.2. The van der Waals surface area contributed by atoms with E-state index in [0.717, 1.165) is 11.1 Å². The van der Waals surface area contributed by atoms with Gasteiger partial charge in [0.1, 0.15) is 0 Å². The lowest BCUT2D eigenvalue weighted by atomic mass is 10.2. The average Bonchev–Trinajstić information content (AvgIpc) is 2.52. The van der Waals surface area contributed by atoms with Crippen molar-refractivity contribution in [3.63, 3.8) is 0 Å². The number of hydrogen-bond acceptors (Lipinski definition) is 3. The summed E-state index contributed by atoms with van der Waals surface area (Å²) in [5.41, 5.74) is 2.96. The molecule has 0 heterocycles. The van der Waals surface area contributed by atoms with E-state index in [0.29, 0.717) is 11.6 Å². The molecule has 22 heavy (non-hydrogen) atoms. The Hall–Kier alpha value is -2.33. The van der Waals surface area contributed by atoms with E-state index in [9.17, 15) is 4.79 Å². The number of carbonyl (C=O) groups is 1. The quantitative estimate of drug-likeness (QED) is 0.656.